The Hall–Kier alpha value is -2.09. The van der Waals surface area contributed by atoms with Crippen LogP contribution in [0.2, 0.25) is 0 Å². The van der Waals surface area contributed by atoms with Crippen LogP contribution in [0.4, 0.5) is 4.79 Å². The van der Waals surface area contributed by atoms with Crippen LogP contribution >= 0.6 is 43.6 Å². The third-order valence-corrected chi connectivity index (χ3v) is 6.06. The summed E-state index contributed by atoms with van der Waals surface area (Å²) < 4.78 is 7.73. The number of hydrogen-bond donors (Lipinski definition) is 0. The van der Waals surface area contributed by atoms with Gasteiger partial charge >= 0.3 is 0 Å². The van der Waals surface area contributed by atoms with Crippen LogP contribution in [0.1, 0.15) is 11.3 Å². The normalized spacial score (nSPS) is 15.6. The van der Waals surface area contributed by atoms with Gasteiger partial charge in [-0.15, -0.1) is 0 Å². The summed E-state index contributed by atoms with van der Waals surface area (Å²) in [5.41, 5.74) is 1.82. The van der Waals surface area contributed by atoms with Crippen LogP contribution in [0.15, 0.2) is 78.9 Å². The van der Waals surface area contributed by atoms with E-state index in [9.17, 15) is 9.59 Å². The van der Waals surface area contributed by atoms with E-state index in [0.29, 0.717) is 16.4 Å². The molecule has 2 amide bonds. The Bertz CT molecular complexity index is 1090. The standard InChI is InChI=1S/C21H13Br2NO3S/c22-15-6-4-14(5-7-15)18-9-8-17(27-18)11-19-20(25)24(21(26)28-19)12-13-2-1-3-16(23)10-13/h1-11H,12H2/b19-11+. The maximum atomic E-state index is 12.7. The molecule has 0 spiro atoms. The molecule has 140 valence electrons. The Morgan fingerprint density at radius 3 is 2.50 bits per heavy atom. The molecule has 0 saturated carbocycles. The molecule has 1 aliphatic rings. The molecule has 0 aliphatic carbocycles. The molecule has 0 bridgehead atoms. The van der Waals surface area contributed by atoms with Crippen LogP contribution in [-0.4, -0.2) is 16.0 Å². The highest BCUT2D eigenvalue weighted by atomic mass is 79.9. The van der Waals surface area contributed by atoms with Crippen LogP contribution < -0.4 is 0 Å². The first kappa shape index (κ1) is 19.2. The van der Waals surface area contributed by atoms with Gasteiger partial charge in [-0.3, -0.25) is 14.5 Å². The highest BCUT2D eigenvalue weighted by Crippen LogP contribution is 2.34. The van der Waals surface area contributed by atoms with Crippen molar-refractivity contribution in [3.05, 3.63) is 85.8 Å². The van der Waals surface area contributed by atoms with E-state index < -0.39 is 0 Å². The third kappa shape index (κ3) is 4.16. The Morgan fingerprint density at radius 1 is 0.964 bits per heavy atom. The van der Waals surface area contributed by atoms with E-state index in [1.807, 2.05) is 54.6 Å². The predicted octanol–water partition coefficient (Wildman–Crippen LogP) is 6.71. The maximum absolute atomic E-state index is 12.7. The van der Waals surface area contributed by atoms with E-state index in [-0.39, 0.29) is 17.7 Å². The zero-order valence-corrected chi connectivity index (χ0v) is 18.4. The van der Waals surface area contributed by atoms with E-state index in [0.717, 1.165) is 31.8 Å². The summed E-state index contributed by atoms with van der Waals surface area (Å²) in [4.78, 5) is 26.6. The molecular formula is C21H13Br2NO3S. The molecule has 0 radical (unpaired) electrons. The van der Waals surface area contributed by atoms with Crippen molar-refractivity contribution in [1.82, 2.24) is 4.90 Å². The second-order valence-corrected chi connectivity index (χ2v) is 8.93. The molecule has 7 heteroatoms. The number of carbonyl (C=O) groups is 2. The molecule has 1 aliphatic heterocycles. The molecule has 1 aromatic heterocycles. The summed E-state index contributed by atoms with van der Waals surface area (Å²) in [5, 5.41) is -0.282. The van der Waals surface area contributed by atoms with E-state index >= 15 is 0 Å². The molecule has 0 atom stereocenters. The van der Waals surface area contributed by atoms with Gasteiger partial charge in [0.1, 0.15) is 11.5 Å². The molecule has 1 saturated heterocycles. The third-order valence-electron chi connectivity index (χ3n) is 4.13. The van der Waals surface area contributed by atoms with Crippen molar-refractivity contribution in [1.29, 1.82) is 0 Å². The predicted molar refractivity (Wildman–Crippen MR) is 118 cm³/mol. The molecule has 0 unspecified atom stereocenters. The van der Waals surface area contributed by atoms with Crippen molar-refractivity contribution in [3.63, 3.8) is 0 Å². The Kier molecular flexibility index (Phi) is 5.57. The lowest BCUT2D eigenvalue weighted by molar-refractivity contribution is -0.123. The highest BCUT2D eigenvalue weighted by Gasteiger charge is 2.35. The lowest BCUT2D eigenvalue weighted by Gasteiger charge is -2.12. The average Bonchev–Trinajstić information content (AvgIpc) is 3.23. The van der Waals surface area contributed by atoms with E-state index in [4.69, 9.17) is 4.42 Å². The minimum atomic E-state index is -0.309. The summed E-state index contributed by atoms with van der Waals surface area (Å²) in [6.45, 7) is 0.240. The van der Waals surface area contributed by atoms with Crippen LogP contribution in [-0.2, 0) is 11.3 Å². The summed E-state index contributed by atoms with van der Waals surface area (Å²) in [6, 6.07) is 18.9. The zero-order chi connectivity index (χ0) is 19.7. The Labute approximate surface area is 182 Å². The van der Waals surface area contributed by atoms with Crippen LogP contribution in [0.3, 0.4) is 0 Å². The lowest BCUT2D eigenvalue weighted by Crippen LogP contribution is -2.27. The van der Waals surface area contributed by atoms with Gasteiger partial charge < -0.3 is 4.42 Å². The first-order valence-electron chi connectivity index (χ1n) is 8.35. The number of amides is 2. The van der Waals surface area contributed by atoms with Gasteiger partial charge in [-0.1, -0.05) is 56.1 Å². The molecule has 4 nitrogen and oxygen atoms in total. The number of imide groups is 1. The van der Waals surface area contributed by atoms with Crippen LogP contribution in [0.25, 0.3) is 17.4 Å². The van der Waals surface area contributed by atoms with Gasteiger partial charge in [-0.25, -0.2) is 0 Å². The quantitative estimate of drug-likeness (QED) is 0.360. The fraction of sp³-hybridized carbons (Fsp3) is 0.0476. The van der Waals surface area contributed by atoms with Crippen molar-refractivity contribution < 1.29 is 14.0 Å². The zero-order valence-electron chi connectivity index (χ0n) is 14.4. The number of hydrogen-bond acceptors (Lipinski definition) is 4. The van der Waals surface area contributed by atoms with Gasteiger partial charge in [0.05, 0.1) is 11.4 Å². The largest absolute Gasteiger partial charge is 0.457 e. The molecule has 28 heavy (non-hydrogen) atoms. The van der Waals surface area contributed by atoms with Gasteiger partial charge in [0.25, 0.3) is 11.1 Å². The van der Waals surface area contributed by atoms with E-state index in [1.165, 1.54) is 4.90 Å². The van der Waals surface area contributed by atoms with Gasteiger partial charge in [-0.2, -0.15) is 0 Å². The SMILES string of the molecule is O=C1S/C(=C/c2ccc(-c3ccc(Br)cc3)o2)C(=O)N1Cc1cccc(Br)c1. The van der Waals surface area contributed by atoms with Crippen molar-refractivity contribution in [2.75, 3.05) is 0 Å². The summed E-state index contributed by atoms with van der Waals surface area (Å²) >= 11 is 7.74. The molecule has 2 aromatic carbocycles. The number of halogens is 2. The fourth-order valence-electron chi connectivity index (χ4n) is 2.78. The Morgan fingerprint density at radius 2 is 1.75 bits per heavy atom. The van der Waals surface area contributed by atoms with Crippen molar-refractivity contribution in [3.8, 4) is 11.3 Å². The highest BCUT2D eigenvalue weighted by molar-refractivity contribution is 9.10. The first-order chi connectivity index (χ1) is 13.5. The Balaban J connectivity index is 1.53. The smallest absolute Gasteiger partial charge is 0.293 e. The molecule has 0 N–H and O–H groups in total. The molecule has 4 rings (SSSR count). The van der Waals surface area contributed by atoms with Crippen molar-refractivity contribution in [2.45, 2.75) is 6.54 Å². The second kappa shape index (κ2) is 8.11. The van der Waals surface area contributed by atoms with Crippen molar-refractivity contribution in [2.24, 2.45) is 0 Å². The number of thioether (sulfide) groups is 1. The maximum Gasteiger partial charge on any atom is 0.293 e. The number of rotatable bonds is 4. The number of benzene rings is 2. The molecule has 3 aromatic rings. The first-order valence-corrected chi connectivity index (χ1v) is 10.8. The summed E-state index contributed by atoms with van der Waals surface area (Å²) in [6.07, 6.45) is 1.62. The number of furan rings is 1. The number of carbonyl (C=O) groups excluding carboxylic acids is 2. The van der Waals surface area contributed by atoms with Gasteiger partial charge in [0, 0.05) is 20.6 Å². The van der Waals surface area contributed by atoms with Gasteiger partial charge in [0.2, 0.25) is 0 Å². The monoisotopic (exact) mass is 517 g/mol. The minimum absolute atomic E-state index is 0.240. The average molecular weight is 519 g/mol. The van der Waals surface area contributed by atoms with E-state index in [1.54, 1.807) is 12.1 Å². The topological polar surface area (TPSA) is 50.5 Å². The molecule has 1 fully saturated rings. The second-order valence-electron chi connectivity index (χ2n) is 6.11. The number of nitrogens with zero attached hydrogens (tertiary/aromatic N) is 1. The fourth-order valence-corrected chi connectivity index (χ4v) is 4.31. The van der Waals surface area contributed by atoms with Crippen LogP contribution in [0, 0.1) is 0 Å². The van der Waals surface area contributed by atoms with Crippen LogP contribution in [0.5, 0.6) is 0 Å². The van der Waals surface area contributed by atoms with Crippen molar-refractivity contribution >= 4 is 60.8 Å². The summed E-state index contributed by atoms with van der Waals surface area (Å²) in [7, 11) is 0. The molecular weight excluding hydrogens is 506 g/mol. The minimum Gasteiger partial charge on any atom is -0.457 e. The van der Waals surface area contributed by atoms with Gasteiger partial charge in [-0.05, 0) is 53.7 Å². The van der Waals surface area contributed by atoms with Gasteiger partial charge in [0.15, 0.2) is 0 Å². The molecule has 2 heterocycles. The van der Waals surface area contributed by atoms with E-state index in [2.05, 4.69) is 31.9 Å². The summed E-state index contributed by atoms with van der Waals surface area (Å²) in [5.74, 6) is 0.926. The lowest BCUT2D eigenvalue weighted by atomic mass is 10.2.